The second kappa shape index (κ2) is 9.51. The fourth-order valence-corrected chi connectivity index (χ4v) is 6.45. The van der Waals surface area contributed by atoms with Crippen molar-refractivity contribution in [2.45, 2.75) is 23.8 Å². The van der Waals surface area contributed by atoms with E-state index in [2.05, 4.69) is 20.0 Å². The van der Waals surface area contributed by atoms with Gasteiger partial charge in [-0.05, 0) is 50.0 Å². The number of halogens is 1. The Hall–Kier alpha value is -2.92. The van der Waals surface area contributed by atoms with E-state index in [1.807, 2.05) is 18.2 Å². The molecule has 1 atom stereocenters. The summed E-state index contributed by atoms with van der Waals surface area (Å²) in [6, 6.07) is 14.1. The molecule has 11 heteroatoms. The summed E-state index contributed by atoms with van der Waals surface area (Å²) in [5, 5.41) is 9.39. The number of rotatable bonds is 6. The fraction of sp³-hybridized carbons (Fsp3) is 0.360. The molecule has 36 heavy (non-hydrogen) atoms. The van der Waals surface area contributed by atoms with Gasteiger partial charge < -0.3 is 14.0 Å². The molecule has 0 radical (unpaired) electrons. The second-order valence-electron chi connectivity index (χ2n) is 9.28. The Morgan fingerprint density at radius 1 is 1.06 bits per heavy atom. The van der Waals surface area contributed by atoms with Gasteiger partial charge in [-0.25, -0.2) is 13.1 Å². The summed E-state index contributed by atoms with van der Waals surface area (Å²) >= 11 is 6.08. The van der Waals surface area contributed by atoms with E-state index in [4.69, 9.17) is 25.6 Å². The van der Waals surface area contributed by atoms with Gasteiger partial charge in [0, 0.05) is 40.2 Å². The van der Waals surface area contributed by atoms with Crippen LogP contribution in [0.3, 0.4) is 0 Å². The number of aromatic nitrogens is 2. The molecular formula is C25H25ClN4O5S. The Kier molecular flexibility index (Phi) is 6.20. The number of benzene rings is 3. The smallest absolute Gasteiger partial charge is 0.241 e. The van der Waals surface area contributed by atoms with E-state index in [0.717, 1.165) is 32.5 Å². The van der Waals surface area contributed by atoms with Crippen LogP contribution in [0.5, 0.6) is 11.5 Å². The molecule has 1 saturated heterocycles. The molecule has 0 amide bonds. The van der Waals surface area contributed by atoms with Crippen molar-refractivity contribution in [2.75, 3.05) is 32.8 Å². The number of likely N-dealkylation sites (tertiary alicyclic amines) is 1. The molecule has 0 unspecified atom stereocenters. The van der Waals surface area contributed by atoms with Crippen LogP contribution in [0, 0.1) is 5.92 Å². The van der Waals surface area contributed by atoms with Gasteiger partial charge in [-0.15, -0.1) is 5.10 Å². The van der Waals surface area contributed by atoms with Crippen LogP contribution in [0.2, 0.25) is 5.02 Å². The lowest BCUT2D eigenvalue weighted by Gasteiger charge is -2.35. The number of nitrogens with one attached hydrogen (secondary N) is 1. The molecule has 0 spiro atoms. The number of ether oxygens (including phenoxy) is 2. The minimum atomic E-state index is -3.74. The van der Waals surface area contributed by atoms with E-state index in [1.54, 1.807) is 24.3 Å². The summed E-state index contributed by atoms with van der Waals surface area (Å²) < 4.78 is 46.5. The molecule has 0 bridgehead atoms. The lowest BCUT2D eigenvalue weighted by atomic mass is 9.97. The number of hydrogen-bond acceptors (Lipinski definition) is 8. The minimum absolute atomic E-state index is 0.0692. The van der Waals surface area contributed by atoms with E-state index >= 15 is 0 Å². The molecule has 3 heterocycles. The molecule has 9 nitrogen and oxygen atoms in total. The van der Waals surface area contributed by atoms with Crippen LogP contribution in [0.1, 0.15) is 12.8 Å². The Morgan fingerprint density at radius 3 is 2.69 bits per heavy atom. The Morgan fingerprint density at radius 2 is 1.86 bits per heavy atom. The standard InChI is InChI=1S/C25H25ClN4O5S/c26-17-5-6-22-23(11-17)34-18(15-33-22)14-30-9-7-16(8-10-30)13-27-36(31,32)24-12-21-25(35-29-28-21)20-4-2-1-3-19(20)24/h1-6,11-12,16,18,27H,7-10,13-15H2/t18-/m0/s1. The van der Waals surface area contributed by atoms with Crippen molar-refractivity contribution in [3.63, 3.8) is 0 Å². The van der Waals surface area contributed by atoms with E-state index < -0.39 is 10.0 Å². The van der Waals surface area contributed by atoms with Gasteiger partial charge in [-0.2, -0.15) is 0 Å². The number of nitrogens with zero attached hydrogens (tertiary/aromatic N) is 3. The highest BCUT2D eigenvalue weighted by Crippen LogP contribution is 2.34. The third-order valence-electron chi connectivity index (χ3n) is 6.86. The lowest BCUT2D eigenvalue weighted by Crippen LogP contribution is -2.45. The van der Waals surface area contributed by atoms with Gasteiger partial charge in [0.2, 0.25) is 10.0 Å². The number of fused-ring (bicyclic) bond motifs is 4. The molecule has 188 valence electrons. The van der Waals surface area contributed by atoms with Gasteiger partial charge in [0.15, 0.2) is 17.1 Å². The van der Waals surface area contributed by atoms with Crippen LogP contribution < -0.4 is 14.2 Å². The van der Waals surface area contributed by atoms with Gasteiger partial charge in [0.25, 0.3) is 0 Å². The van der Waals surface area contributed by atoms with Gasteiger partial charge >= 0.3 is 0 Å². The molecule has 3 aromatic carbocycles. The summed E-state index contributed by atoms with van der Waals surface area (Å²) in [6.07, 6.45) is 1.72. The molecule has 1 aromatic heterocycles. The second-order valence-corrected chi connectivity index (χ2v) is 11.5. The van der Waals surface area contributed by atoms with E-state index in [1.165, 1.54) is 6.07 Å². The van der Waals surface area contributed by atoms with Gasteiger partial charge in [-0.1, -0.05) is 35.9 Å². The van der Waals surface area contributed by atoms with Gasteiger partial charge in [0.1, 0.15) is 18.2 Å². The number of hydrogen-bond donors (Lipinski definition) is 1. The lowest BCUT2D eigenvalue weighted by molar-refractivity contribution is 0.0481. The largest absolute Gasteiger partial charge is 0.486 e. The third kappa shape index (κ3) is 4.61. The van der Waals surface area contributed by atoms with Crippen LogP contribution in [-0.2, 0) is 10.0 Å². The molecule has 1 fully saturated rings. The van der Waals surface area contributed by atoms with Crippen molar-refractivity contribution in [1.29, 1.82) is 0 Å². The van der Waals surface area contributed by atoms with E-state index in [0.29, 0.717) is 51.5 Å². The summed E-state index contributed by atoms with van der Waals surface area (Å²) in [4.78, 5) is 2.53. The van der Waals surface area contributed by atoms with Crippen LogP contribution in [0.25, 0.3) is 21.9 Å². The monoisotopic (exact) mass is 528 g/mol. The van der Waals surface area contributed by atoms with Crippen molar-refractivity contribution in [1.82, 2.24) is 20.0 Å². The van der Waals surface area contributed by atoms with Gasteiger partial charge in [0.05, 0.1) is 4.90 Å². The molecule has 0 aliphatic carbocycles. The van der Waals surface area contributed by atoms with Crippen LogP contribution in [0.15, 0.2) is 57.9 Å². The fourth-order valence-electron chi connectivity index (χ4n) is 4.95. The molecule has 2 aliphatic heterocycles. The van der Waals surface area contributed by atoms with Crippen molar-refractivity contribution < 1.29 is 22.4 Å². The van der Waals surface area contributed by atoms with E-state index in [9.17, 15) is 8.42 Å². The first-order chi connectivity index (χ1) is 17.5. The van der Waals surface area contributed by atoms with E-state index in [-0.39, 0.29) is 16.9 Å². The molecular weight excluding hydrogens is 504 g/mol. The van der Waals surface area contributed by atoms with Crippen LogP contribution in [-0.4, -0.2) is 62.6 Å². The number of sulfonamides is 1. The zero-order valence-electron chi connectivity index (χ0n) is 19.4. The minimum Gasteiger partial charge on any atom is -0.486 e. The maximum atomic E-state index is 13.3. The SMILES string of the molecule is O=S(=O)(NCC1CCN(C[C@H]2COc3ccc(Cl)cc3O2)CC1)c1cc2nnoc2c2ccccc12. The van der Waals surface area contributed by atoms with Crippen LogP contribution >= 0.6 is 11.6 Å². The number of piperidine rings is 1. The Labute approximate surface area is 213 Å². The normalized spacial score (nSPS) is 19.2. The topological polar surface area (TPSA) is 107 Å². The molecule has 6 rings (SSSR count). The van der Waals surface area contributed by atoms with Crippen LogP contribution in [0.4, 0.5) is 0 Å². The maximum Gasteiger partial charge on any atom is 0.241 e. The first-order valence-corrected chi connectivity index (χ1v) is 13.8. The highest BCUT2D eigenvalue weighted by molar-refractivity contribution is 7.89. The third-order valence-corrected chi connectivity index (χ3v) is 8.56. The molecule has 2 aliphatic rings. The average Bonchev–Trinajstić information content (AvgIpc) is 3.37. The van der Waals surface area contributed by atoms with Crippen molar-refractivity contribution >= 4 is 43.5 Å². The zero-order valence-corrected chi connectivity index (χ0v) is 21.0. The highest BCUT2D eigenvalue weighted by atomic mass is 35.5. The summed E-state index contributed by atoms with van der Waals surface area (Å²) in [5.74, 6) is 1.64. The Bertz CT molecular complexity index is 1520. The predicted molar refractivity (Wildman–Crippen MR) is 135 cm³/mol. The molecule has 4 aromatic rings. The maximum absolute atomic E-state index is 13.3. The molecule has 1 N–H and O–H groups in total. The van der Waals surface area contributed by atoms with Crippen molar-refractivity contribution in [3.05, 3.63) is 53.6 Å². The van der Waals surface area contributed by atoms with Crippen molar-refractivity contribution in [3.8, 4) is 11.5 Å². The Balaban J connectivity index is 1.06. The average molecular weight is 529 g/mol. The first-order valence-electron chi connectivity index (χ1n) is 11.9. The summed E-state index contributed by atoms with van der Waals surface area (Å²) in [6.45, 7) is 3.37. The first kappa shape index (κ1) is 23.5. The summed E-state index contributed by atoms with van der Waals surface area (Å²) in [7, 11) is -3.74. The van der Waals surface area contributed by atoms with Gasteiger partial charge in [-0.3, -0.25) is 4.90 Å². The predicted octanol–water partition coefficient (Wildman–Crippen LogP) is 3.86. The van der Waals surface area contributed by atoms with Crippen molar-refractivity contribution in [2.24, 2.45) is 5.92 Å². The highest BCUT2D eigenvalue weighted by Gasteiger charge is 2.28. The molecule has 0 saturated carbocycles. The zero-order chi connectivity index (χ0) is 24.7. The quantitative estimate of drug-likeness (QED) is 0.402. The summed E-state index contributed by atoms with van der Waals surface area (Å²) in [5.41, 5.74) is 0.900.